The lowest BCUT2D eigenvalue weighted by molar-refractivity contribution is 0.102. The highest BCUT2D eigenvalue weighted by molar-refractivity contribution is 6.04. The van der Waals surface area contributed by atoms with Crippen molar-refractivity contribution >= 4 is 17.3 Å². The van der Waals surface area contributed by atoms with Crippen LogP contribution in [-0.4, -0.2) is 5.91 Å². The topological polar surface area (TPSA) is 55.1 Å². The summed E-state index contributed by atoms with van der Waals surface area (Å²) in [7, 11) is 0. The summed E-state index contributed by atoms with van der Waals surface area (Å²) < 4.78 is 26.1. The summed E-state index contributed by atoms with van der Waals surface area (Å²) in [5.74, 6) is -1.72. The van der Waals surface area contributed by atoms with Crippen LogP contribution >= 0.6 is 0 Å². The number of carbonyl (C=O) groups is 1. The second-order valence-corrected chi connectivity index (χ2v) is 3.70. The molecule has 0 aliphatic heterocycles. The Morgan fingerprint density at radius 1 is 1.06 bits per heavy atom. The molecule has 2 aromatic carbocycles. The Labute approximate surface area is 102 Å². The zero-order valence-corrected chi connectivity index (χ0v) is 9.28. The number of carbonyl (C=O) groups excluding carboxylic acids is 1. The molecule has 5 heteroatoms. The highest BCUT2D eigenvalue weighted by Crippen LogP contribution is 2.15. The highest BCUT2D eigenvalue weighted by atomic mass is 19.1. The van der Waals surface area contributed by atoms with Gasteiger partial charge in [-0.15, -0.1) is 0 Å². The third-order valence-corrected chi connectivity index (χ3v) is 2.34. The standard InChI is InChI=1S/C13H10F2N2O/c14-8-1-4-10(5-2-8)17-13(18)11-6-3-9(16)7-12(11)15/h1-7H,16H2,(H,17,18). The van der Waals surface area contributed by atoms with Gasteiger partial charge in [0, 0.05) is 11.4 Å². The summed E-state index contributed by atoms with van der Waals surface area (Å²) in [6.07, 6.45) is 0. The second-order valence-electron chi connectivity index (χ2n) is 3.70. The maximum Gasteiger partial charge on any atom is 0.258 e. The van der Waals surface area contributed by atoms with Crippen molar-refractivity contribution in [3.05, 3.63) is 59.7 Å². The van der Waals surface area contributed by atoms with Gasteiger partial charge in [-0.3, -0.25) is 4.79 Å². The second kappa shape index (κ2) is 4.83. The van der Waals surface area contributed by atoms with Crippen molar-refractivity contribution in [2.24, 2.45) is 0 Å². The van der Waals surface area contributed by atoms with E-state index in [4.69, 9.17) is 5.73 Å². The average molecular weight is 248 g/mol. The SMILES string of the molecule is Nc1ccc(C(=O)Nc2ccc(F)cc2)c(F)c1. The number of halogens is 2. The first-order valence-electron chi connectivity index (χ1n) is 5.18. The molecule has 0 aliphatic rings. The van der Waals surface area contributed by atoms with Gasteiger partial charge >= 0.3 is 0 Å². The van der Waals surface area contributed by atoms with E-state index >= 15 is 0 Å². The Kier molecular flexibility index (Phi) is 3.23. The van der Waals surface area contributed by atoms with Crippen LogP contribution in [0.1, 0.15) is 10.4 Å². The fourth-order valence-corrected chi connectivity index (χ4v) is 1.45. The van der Waals surface area contributed by atoms with Crippen molar-refractivity contribution in [3.63, 3.8) is 0 Å². The van der Waals surface area contributed by atoms with E-state index < -0.39 is 17.5 Å². The number of rotatable bonds is 2. The van der Waals surface area contributed by atoms with Crippen LogP contribution in [0.2, 0.25) is 0 Å². The average Bonchev–Trinajstić information content (AvgIpc) is 2.32. The fourth-order valence-electron chi connectivity index (χ4n) is 1.45. The Hall–Kier alpha value is -2.43. The number of anilines is 2. The third kappa shape index (κ3) is 2.63. The van der Waals surface area contributed by atoms with Crippen LogP contribution < -0.4 is 11.1 Å². The molecule has 0 saturated carbocycles. The number of benzene rings is 2. The van der Waals surface area contributed by atoms with Crippen molar-refractivity contribution in [1.82, 2.24) is 0 Å². The van der Waals surface area contributed by atoms with Crippen molar-refractivity contribution < 1.29 is 13.6 Å². The molecule has 3 nitrogen and oxygen atoms in total. The van der Waals surface area contributed by atoms with Crippen molar-refractivity contribution in [2.75, 3.05) is 11.1 Å². The summed E-state index contributed by atoms with van der Waals surface area (Å²) in [5, 5.41) is 2.46. The van der Waals surface area contributed by atoms with Gasteiger partial charge in [-0.05, 0) is 42.5 Å². The maximum absolute atomic E-state index is 13.5. The predicted octanol–water partition coefficient (Wildman–Crippen LogP) is 2.80. The smallest absolute Gasteiger partial charge is 0.258 e. The molecule has 1 amide bonds. The number of hydrogen-bond acceptors (Lipinski definition) is 2. The molecule has 0 fully saturated rings. The lowest BCUT2D eigenvalue weighted by atomic mass is 10.1. The van der Waals surface area contributed by atoms with E-state index in [2.05, 4.69) is 5.32 Å². The van der Waals surface area contributed by atoms with E-state index in [0.29, 0.717) is 5.69 Å². The molecule has 0 radical (unpaired) electrons. The molecule has 0 spiro atoms. The van der Waals surface area contributed by atoms with E-state index in [9.17, 15) is 13.6 Å². The molecular formula is C13H10F2N2O. The zero-order valence-electron chi connectivity index (χ0n) is 9.28. The lowest BCUT2D eigenvalue weighted by Gasteiger charge is -2.06. The molecular weight excluding hydrogens is 238 g/mol. The zero-order chi connectivity index (χ0) is 13.1. The first-order chi connectivity index (χ1) is 8.56. The molecule has 3 N–H and O–H groups in total. The number of nitrogens with two attached hydrogens (primary N) is 1. The summed E-state index contributed by atoms with van der Waals surface area (Å²) in [6.45, 7) is 0. The summed E-state index contributed by atoms with van der Waals surface area (Å²) in [4.78, 5) is 11.7. The number of amides is 1. The highest BCUT2D eigenvalue weighted by Gasteiger charge is 2.11. The number of nitrogen functional groups attached to an aromatic ring is 1. The van der Waals surface area contributed by atoms with E-state index in [1.54, 1.807) is 0 Å². The van der Waals surface area contributed by atoms with Crippen LogP contribution in [0, 0.1) is 11.6 Å². The fraction of sp³-hybridized carbons (Fsp3) is 0. The van der Waals surface area contributed by atoms with Crippen LogP contribution in [0.3, 0.4) is 0 Å². The monoisotopic (exact) mass is 248 g/mol. The Morgan fingerprint density at radius 3 is 2.33 bits per heavy atom. The number of hydrogen-bond donors (Lipinski definition) is 2. The van der Waals surface area contributed by atoms with Gasteiger partial charge in [-0.1, -0.05) is 0 Å². The van der Waals surface area contributed by atoms with Crippen LogP contribution in [0.25, 0.3) is 0 Å². The minimum atomic E-state index is -0.699. The Bertz CT molecular complexity index is 582. The van der Waals surface area contributed by atoms with Crippen LogP contribution in [-0.2, 0) is 0 Å². The van der Waals surface area contributed by atoms with Gasteiger partial charge in [0.25, 0.3) is 5.91 Å². The van der Waals surface area contributed by atoms with Crippen molar-refractivity contribution in [2.45, 2.75) is 0 Å². The van der Waals surface area contributed by atoms with Gasteiger partial charge in [0.1, 0.15) is 11.6 Å². The number of nitrogens with one attached hydrogen (secondary N) is 1. The van der Waals surface area contributed by atoms with Gasteiger partial charge < -0.3 is 11.1 Å². The van der Waals surface area contributed by atoms with E-state index in [1.807, 2.05) is 0 Å². The molecule has 0 aromatic heterocycles. The van der Waals surface area contributed by atoms with E-state index in [0.717, 1.165) is 6.07 Å². The largest absolute Gasteiger partial charge is 0.399 e. The quantitative estimate of drug-likeness (QED) is 0.803. The maximum atomic E-state index is 13.5. The molecule has 0 heterocycles. The summed E-state index contributed by atoms with van der Waals surface area (Å²) in [6, 6.07) is 8.99. The van der Waals surface area contributed by atoms with Gasteiger partial charge in [0.15, 0.2) is 0 Å². The molecule has 0 atom stereocenters. The molecule has 0 saturated heterocycles. The summed E-state index contributed by atoms with van der Waals surface area (Å²) in [5.41, 5.74) is 5.89. The molecule has 2 rings (SSSR count). The molecule has 0 bridgehead atoms. The van der Waals surface area contributed by atoms with E-state index in [-0.39, 0.29) is 11.3 Å². The minimum Gasteiger partial charge on any atom is -0.399 e. The third-order valence-electron chi connectivity index (χ3n) is 2.34. The Balaban J connectivity index is 2.19. The first kappa shape index (κ1) is 12.0. The first-order valence-corrected chi connectivity index (χ1v) is 5.18. The molecule has 0 aliphatic carbocycles. The summed E-state index contributed by atoms with van der Waals surface area (Å²) >= 11 is 0. The van der Waals surface area contributed by atoms with E-state index in [1.165, 1.54) is 36.4 Å². The van der Waals surface area contributed by atoms with Crippen molar-refractivity contribution in [1.29, 1.82) is 0 Å². The predicted molar refractivity (Wildman–Crippen MR) is 65.2 cm³/mol. The van der Waals surface area contributed by atoms with Crippen molar-refractivity contribution in [3.8, 4) is 0 Å². The normalized spacial score (nSPS) is 10.1. The van der Waals surface area contributed by atoms with Crippen LogP contribution in [0.15, 0.2) is 42.5 Å². The van der Waals surface area contributed by atoms with Gasteiger partial charge in [-0.25, -0.2) is 8.78 Å². The van der Waals surface area contributed by atoms with Crippen LogP contribution in [0.5, 0.6) is 0 Å². The Morgan fingerprint density at radius 2 is 1.72 bits per heavy atom. The molecule has 18 heavy (non-hydrogen) atoms. The molecule has 92 valence electrons. The van der Waals surface area contributed by atoms with Gasteiger partial charge in [0.05, 0.1) is 5.56 Å². The minimum absolute atomic E-state index is 0.117. The molecule has 0 unspecified atom stereocenters. The molecule has 2 aromatic rings. The van der Waals surface area contributed by atoms with Gasteiger partial charge in [0.2, 0.25) is 0 Å². The van der Waals surface area contributed by atoms with Crippen LogP contribution in [0.4, 0.5) is 20.2 Å². The lowest BCUT2D eigenvalue weighted by Crippen LogP contribution is -2.13. The van der Waals surface area contributed by atoms with Gasteiger partial charge in [-0.2, -0.15) is 0 Å².